The summed E-state index contributed by atoms with van der Waals surface area (Å²) in [5, 5.41) is 4.76. The molecule has 1 aromatic rings. The van der Waals surface area contributed by atoms with Crippen LogP contribution in [0.15, 0.2) is 21.5 Å². The van der Waals surface area contributed by atoms with Crippen LogP contribution in [0, 0.1) is 5.82 Å². The maximum absolute atomic E-state index is 13.2. The molecule has 0 aromatic heterocycles. The van der Waals surface area contributed by atoms with Crippen molar-refractivity contribution in [3.63, 3.8) is 0 Å². The van der Waals surface area contributed by atoms with Crippen molar-refractivity contribution in [2.24, 2.45) is 5.14 Å². The van der Waals surface area contributed by atoms with E-state index in [2.05, 4.69) is 20.7 Å². The second-order valence-electron chi connectivity index (χ2n) is 2.64. The second kappa shape index (κ2) is 4.60. The van der Waals surface area contributed by atoms with Gasteiger partial charge in [-0.05, 0) is 22.0 Å². The zero-order chi connectivity index (χ0) is 12.5. The molecular weight excluding hydrogens is 315 g/mol. The van der Waals surface area contributed by atoms with Crippen LogP contribution in [0.25, 0.3) is 0 Å². The summed E-state index contributed by atoms with van der Waals surface area (Å²) in [6.07, 6.45) is 0. The number of ether oxygens (including phenoxy) is 1. The normalized spacial score (nSPS) is 11.9. The molecule has 0 saturated carbocycles. The fourth-order valence-electron chi connectivity index (χ4n) is 0.886. The molecular formula is C7H5BrF3NO3S. The van der Waals surface area contributed by atoms with Gasteiger partial charge in [0.1, 0.15) is 0 Å². The largest absolute Gasteiger partial charge is 0.432 e. The molecule has 0 fully saturated rings. The summed E-state index contributed by atoms with van der Waals surface area (Å²) < 4.78 is 62.3. The van der Waals surface area contributed by atoms with E-state index in [9.17, 15) is 21.6 Å². The van der Waals surface area contributed by atoms with Crippen LogP contribution >= 0.6 is 15.9 Å². The predicted octanol–water partition coefficient (Wildman–Crippen LogP) is 1.84. The number of hydrogen-bond acceptors (Lipinski definition) is 3. The molecule has 9 heteroatoms. The van der Waals surface area contributed by atoms with Crippen molar-refractivity contribution in [3.8, 4) is 5.75 Å². The Morgan fingerprint density at radius 3 is 2.38 bits per heavy atom. The SMILES string of the molecule is NS(=O)(=O)c1cc(Br)c(F)c(OC(F)F)c1. The van der Waals surface area contributed by atoms with Gasteiger partial charge in [-0.25, -0.2) is 17.9 Å². The standard InChI is InChI=1S/C7H5BrF3NO3S/c8-4-1-3(16(12,13)14)2-5(6(4)9)15-7(10)11/h1-2,7H,(H2,12,13,14). The topological polar surface area (TPSA) is 69.4 Å². The van der Waals surface area contributed by atoms with Gasteiger partial charge < -0.3 is 4.74 Å². The van der Waals surface area contributed by atoms with Gasteiger partial charge in [0.25, 0.3) is 0 Å². The average molecular weight is 320 g/mol. The van der Waals surface area contributed by atoms with Crippen molar-refractivity contribution in [1.29, 1.82) is 0 Å². The number of benzene rings is 1. The summed E-state index contributed by atoms with van der Waals surface area (Å²) in [7, 11) is -4.12. The smallest absolute Gasteiger partial charge is 0.387 e. The molecule has 0 radical (unpaired) electrons. The second-order valence-corrected chi connectivity index (χ2v) is 5.06. The molecule has 4 nitrogen and oxygen atoms in total. The Hall–Kier alpha value is -0.800. The first-order valence-electron chi connectivity index (χ1n) is 3.68. The molecule has 2 N–H and O–H groups in total. The fraction of sp³-hybridized carbons (Fsp3) is 0.143. The van der Waals surface area contributed by atoms with Gasteiger partial charge in [-0.15, -0.1) is 0 Å². The van der Waals surface area contributed by atoms with E-state index < -0.39 is 33.1 Å². The van der Waals surface area contributed by atoms with E-state index in [4.69, 9.17) is 5.14 Å². The lowest BCUT2D eigenvalue weighted by molar-refractivity contribution is -0.0524. The first-order valence-corrected chi connectivity index (χ1v) is 6.02. The molecule has 0 aliphatic carbocycles. The fourth-order valence-corrected chi connectivity index (χ4v) is 2.03. The molecule has 0 amide bonds. The first-order chi connectivity index (χ1) is 7.21. The van der Waals surface area contributed by atoms with Crippen LogP contribution in [0.5, 0.6) is 5.75 Å². The van der Waals surface area contributed by atoms with Gasteiger partial charge in [0, 0.05) is 6.07 Å². The van der Waals surface area contributed by atoms with Crippen LogP contribution in [-0.2, 0) is 10.0 Å². The molecule has 0 aliphatic heterocycles. The molecule has 16 heavy (non-hydrogen) atoms. The summed E-state index contributed by atoms with van der Waals surface area (Å²) >= 11 is 2.66. The minimum atomic E-state index is -4.12. The summed E-state index contributed by atoms with van der Waals surface area (Å²) in [5.74, 6) is -2.03. The number of alkyl halides is 2. The summed E-state index contributed by atoms with van der Waals surface area (Å²) in [4.78, 5) is -0.531. The maximum Gasteiger partial charge on any atom is 0.387 e. The predicted molar refractivity (Wildman–Crippen MR) is 52.1 cm³/mol. The zero-order valence-electron chi connectivity index (χ0n) is 7.45. The Bertz CT molecular complexity index is 506. The Morgan fingerprint density at radius 1 is 1.38 bits per heavy atom. The number of hydrogen-bond donors (Lipinski definition) is 1. The van der Waals surface area contributed by atoms with Gasteiger partial charge in [0.15, 0.2) is 11.6 Å². The molecule has 0 unspecified atom stereocenters. The third-order valence-electron chi connectivity index (χ3n) is 1.51. The number of primary sulfonamides is 1. The number of sulfonamides is 1. The molecule has 1 rings (SSSR count). The molecule has 0 aliphatic rings. The average Bonchev–Trinajstić information content (AvgIpc) is 2.10. The Labute approximate surface area is 97.4 Å². The summed E-state index contributed by atoms with van der Waals surface area (Å²) in [5.41, 5.74) is 0. The van der Waals surface area contributed by atoms with Crippen molar-refractivity contribution < 1.29 is 26.3 Å². The van der Waals surface area contributed by atoms with Gasteiger partial charge in [0.2, 0.25) is 10.0 Å². The van der Waals surface area contributed by atoms with Crippen LogP contribution in [0.2, 0.25) is 0 Å². The minimum absolute atomic E-state index is 0.338. The summed E-state index contributed by atoms with van der Waals surface area (Å²) in [6.45, 7) is -3.27. The van der Waals surface area contributed by atoms with Crippen LogP contribution in [-0.4, -0.2) is 15.0 Å². The highest BCUT2D eigenvalue weighted by Crippen LogP contribution is 2.29. The maximum atomic E-state index is 13.2. The van der Waals surface area contributed by atoms with Crippen LogP contribution in [0.4, 0.5) is 13.2 Å². The Morgan fingerprint density at radius 2 is 1.94 bits per heavy atom. The molecule has 0 atom stereocenters. The van der Waals surface area contributed by atoms with Crippen LogP contribution in [0.1, 0.15) is 0 Å². The van der Waals surface area contributed by atoms with Gasteiger partial charge >= 0.3 is 6.61 Å². The highest BCUT2D eigenvalue weighted by molar-refractivity contribution is 9.10. The summed E-state index contributed by atoms with van der Waals surface area (Å²) in [6, 6.07) is 1.44. The van der Waals surface area contributed by atoms with Crippen molar-refractivity contribution in [1.82, 2.24) is 0 Å². The third-order valence-corrected chi connectivity index (χ3v) is 2.98. The van der Waals surface area contributed by atoms with Gasteiger partial charge in [0.05, 0.1) is 9.37 Å². The lowest BCUT2D eigenvalue weighted by Crippen LogP contribution is -2.13. The Balaban J connectivity index is 3.33. The monoisotopic (exact) mass is 319 g/mol. The molecule has 0 heterocycles. The van der Waals surface area contributed by atoms with Crippen molar-refractivity contribution >= 4 is 26.0 Å². The van der Waals surface area contributed by atoms with E-state index in [1.807, 2.05) is 0 Å². The van der Waals surface area contributed by atoms with E-state index in [0.717, 1.165) is 6.07 Å². The molecule has 0 spiro atoms. The van der Waals surface area contributed by atoms with E-state index in [0.29, 0.717) is 6.07 Å². The van der Waals surface area contributed by atoms with Crippen molar-refractivity contribution in [3.05, 3.63) is 22.4 Å². The molecule has 90 valence electrons. The number of rotatable bonds is 3. The van der Waals surface area contributed by atoms with E-state index in [1.165, 1.54) is 0 Å². The Kier molecular flexibility index (Phi) is 3.81. The highest BCUT2D eigenvalue weighted by atomic mass is 79.9. The first kappa shape index (κ1) is 13.3. The third kappa shape index (κ3) is 3.09. The van der Waals surface area contributed by atoms with Crippen molar-refractivity contribution in [2.75, 3.05) is 0 Å². The van der Waals surface area contributed by atoms with Crippen LogP contribution in [0.3, 0.4) is 0 Å². The lowest BCUT2D eigenvalue weighted by Gasteiger charge is -2.08. The zero-order valence-corrected chi connectivity index (χ0v) is 9.86. The van der Waals surface area contributed by atoms with E-state index in [-0.39, 0.29) is 4.47 Å². The number of nitrogens with two attached hydrogens (primary N) is 1. The van der Waals surface area contributed by atoms with E-state index >= 15 is 0 Å². The number of halogens is 4. The van der Waals surface area contributed by atoms with E-state index in [1.54, 1.807) is 0 Å². The quantitative estimate of drug-likeness (QED) is 0.924. The van der Waals surface area contributed by atoms with Gasteiger partial charge in [-0.1, -0.05) is 0 Å². The van der Waals surface area contributed by atoms with Gasteiger partial charge in [-0.2, -0.15) is 8.78 Å². The molecule has 0 bridgehead atoms. The van der Waals surface area contributed by atoms with Crippen molar-refractivity contribution in [2.45, 2.75) is 11.5 Å². The highest BCUT2D eigenvalue weighted by Gasteiger charge is 2.18. The van der Waals surface area contributed by atoms with Crippen LogP contribution < -0.4 is 9.88 Å². The minimum Gasteiger partial charge on any atom is -0.432 e. The molecule has 1 aromatic carbocycles. The van der Waals surface area contributed by atoms with Gasteiger partial charge in [-0.3, -0.25) is 0 Å². The molecule has 0 saturated heterocycles. The lowest BCUT2D eigenvalue weighted by atomic mass is 10.3.